The minimum atomic E-state index is -0.908. The molecule has 0 fully saturated rings. The average molecular weight is 540 g/mol. The van der Waals surface area contributed by atoms with Gasteiger partial charge in [-0.15, -0.1) is 0 Å². The Kier molecular flexibility index (Phi) is 11.4. The summed E-state index contributed by atoms with van der Waals surface area (Å²) in [6.07, 6.45) is 0.366. The molecule has 0 saturated carbocycles. The highest BCUT2D eigenvalue weighted by atomic mass is 16.6. The number of ether oxygens (including phenoxy) is 2. The van der Waals surface area contributed by atoms with Crippen molar-refractivity contribution in [2.24, 2.45) is 5.92 Å². The lowest BCUT2D eigenvalue weighted by molar-refractivity contribution is -0.141. The van der Waals surface area contributed by atoms with Gasteiger partial charge >= 0.3 is 6.09 Å². The smallest absolute Gasteiger partial charge is 0.408 e. The summed E-state index contributed by atoms with van der Waals surface area (Å²) in [6, 6.07) is 11.2. The Hall–Kier alpha value is -3.55. The number of carbonyl (C=O) groups excluding carboxylic acids is 3. The first-order chi connectivity index (χ1) is 18.2. The predicted molar refractivity (Wildman–Crippen MR) is 155 cm³/mol. The van der Waals surface area contributed by atoms with Crippen molar-refractivity contribution >= 4 is 23.6 Å². The van der Waals surface area contributed by atoms with E-state index in [0.29, 0.717) is 30.8 Å². The maximum absolute atomic E-state index is 14.2. The van der Waals surface area contributed by atoms with Gasteiger partial charge < -0.3 is 25.0 Å². The zero-order chi connectivity index (χ0) is 29.3. The number of aryl methyl sites for hydroxylation is 2. The normalized spacial score (nSPS) is 12.9. The minimum Gasteiger partial charge on any atom is -0.497 e. The molecule has 0 aliphatic carbocycles. The van der Waals surface area contributed by atoms with Gasteiger partial charge in [-0.1, -0.05) is 44.5 Å². The lowest BCUT2D eigenvalue weighted by atomic mass is 9.95. The molecule has 2 aromatic rings. The summed E-state index contributed by atoms with van der Waals surface area (Å²) >= 11 is 0. The van der Waals surface area contributed by atoms with E-state index in [2.05, 4.69) is 10.6 Å². The third kappa shape index (κ3) is 9.61. The first-order valence-electron chi connectivity index (χ1n) is 13.6. The zero-order valence-corrected chi connectivity index (χ0v) is 24.9. The lowest BCUT2D eigenvalue weighted by Gasteiger charge is -2.35. The van der Waals surface area contributed by atoms with Crippen LogP contribution in [0.15, 0.2) is 42.5 Å². The fourth-order valence-corrected chi connectivity index (χ4v) is 4.34. The predicted octanol–water partition coefficient (Wildman–Crippen LogP) is 6.17. The number of hydrogen-bond donors (Lipinski definition) is 2. The Bertz CT molecular complexity index is 1120. The van der Waals surface area contributed by atoms with E-state index in [0.717, 1.165) is 16.7 Å². The van der Waals surface area contributed by atoms with Gasteiger partial charge in [0.1, 0.15) is 23.4 Å². The molecule has 214 valence electrons. The number of alkyl carbamates (subject to hydrolysis) is 1. The van der Waals surface area contributed by atoms with Crippen LogP contribution < -0.4 is 15.4 Å². The second kappa shape index (κ2) is 14.0. The summed E-state index contributed by atoms with van der Waals surface area (Å²) < 4.78 is 10.7. The molecule has 39 heavy (non-hydrogen) atoms. The van der Waals surface area contributed by atoms with Gasteiger partial charge in [0.05, 0.1) is 7.11 Å². The molecule has 2 unspecified atom stereocenters. The Morgan fingerprint density at radius 2 is 1.64 bits per heavy atom. The van der Waals surface area contributed by atoms with Crippen LogP contribution in [0.5, 0.6) is 5.75 Å². The van der Waals surface area contributed by atoms with Crippen LogP contribution in [0.3, 0.4) is 0 Å². The molecule has 2 aromatic carbocycles. The molecule has 0 radical (unpaired) electrons. The molecule has 2 N–H and O–H groups in total. The van der Waals surface area contributed by atoms with Crippen molar-refractivity contribution < 1.29 is 23.9 Å². The molecule has 0 saturated heterocycles. The molecular formula is C31H45N3O5. The number of hydrogen-bond acceptors (Lipinski definition) is 5. The number of methoxy groups -OCH3 is 1. The van der Waals surface area contributed by atoms with Gasteiger partial charge in [-0.05, 0) is 88.8 Å². The largest absolute Gasteiger partial charge is 0.497 e. The van der Waals surface area contributed by atoms with Crippen LogP contribution in [0.25, 0.3) is 0 Å². The van der Waals surface area contributed by atoms with E-state index in [4.69, 9.17) is 9.47 Å². The first-order valence-corrected chi connectivity index (χ1v) is 13.6. The molecular weight excluding hydrogens is 494 g/mol. The molecule has 0 aliphatic heterocycles. The van der Waals surface area contributed by atoms with Crippen LogP contribution in [0.2, 0.25) is 0 Å². The van der Waals surface area contributed by atoms with Crippen LogP contribution >= 0.6 is 0 Å². The second-order valence-electron chi connectivity index (χ2n) is 11.3. The van der Waals surface area contributed by atoms with E-state index < -0.39 is 23.8 Å². The molecule has 2 atom stereocenters. The highest BCUT2D eigenvalue weighted by molar-refractivity contribution is 5.99. The third-order valence-corrected chi connectivity index (χ3v) is 6.09. The Labute approximate surface area is 233 Å². The highest BCUT2D eigenvalue weighted by Gasteiger charge is 2.37. The maximum atomic E-state index is 14.2. The van der Waals surface area contributed by atoms with Crippen molar-refractivity contribution in [1.29, 1.82) is 0 Å². The maximum Gasteiger partial charge on any atom is 0.408 e. The van der Waals surface area contributed by atoms with Crippen molar-refractivity contribution in [2.45, 2.75) is 85.9 Å². The van der Waals surface area contributed by atoms with Crippen LogP contribution in [-0.4, -0.2) is 48.1 Å². The van der Waals surface area contributed by atoms with E-state index in [-0.39, 0.29) is 17.7 Å². The van der Waals surface area contributed by atoms with Crippen LogP contribution in [-0.2, 0) is 14.3 Å². The number of anilines is 1. The van der Waals surface area contributed by atoms with Gasteiger partial charge in [0.25, 0.3) is 5.91 Å². The molecule has 8 heteroatoms. The molecule has 0 heterocycles. The number of amides is 3. The van der Waals surface area contributed by atoms with Crippen molar-refractivity contribution in [3.8, 4) is 5.75 Å². The third-order valence-electron chi connectivity index (χ3n) is 6.09. The molecule has 0 bridgehead atoms. The van der Waals surface area contributed by atoms with Gasteiger partial charge in [-0.3, -0.25) is 9.59 Å². The summed E-state index contributed by atoms with van der Waals surface area (Å²) in [6.45, 7) is 15.5. The lowest BCUT2D eigenvalue weighted by Crippen LogP contribution is -2.53. The quantitative estimate of drug-likeness (QED) is 0.356. The zero-order valence-electron chi connectivity index (χ0n) is 24.9. The van der Waals surface area contributed by atoms with Gasteiger partial charge in [-0.25, -0.2) is 4.79 Å². The summed E-state index contributed by atoms with van der Waals surface area (Å²) in [4.78, 5) is 42.4. The molecule has 3 amide bonds. The van der Waals surface area contributed by atoms with Crippen molar-refractivity contribution in [3.63, 3.8) is 0 Å². The standard InChI is InChI=1S/C31H45N3O5/c1-10-17-34(29(36)26(18-20(2)3)33-30(37)39-31(6,7)8)27(25-19-21(4)11-12-22(25)5)28(35)32-23-13-15-24(38-9)16-14-23/h11-16,19-20,26-27H,10,17-18H2,1-9H3,(H,32,35)(H,33,37). The fourth-order valence-electron chi connectivity index (χ4n) is 4.34. The van der Waals surface area contributed by atoms with Crippen LogP contribution in [0.1, 0.15) is 77.1 Å². The number of benzene rings is 2. The molecule has 2 rings (SSSR count). The topological polar surface area (TPSA) is 97.0 Å². The number of nitrogens with one attached hydrogen (secondary N) is 2. The number of nitrogens with zero attached hydrogens (tertiary/aromatic N) is 1. The van der Waals surface area contributed by atoms with Gasteiger partial charge in [-0.2, -0.15) is 0 Å². The highest BCUT2D eigenvalue weighted by Crippen LogP contribution is 2.29. The number of rotatable bonds is 11. The van der Waals surface area contributed by atoms with Gasteiger partial charge in [0, 0.05) is 12.2 Å². The fraction of sp³-hybridized carbons (Fsp3) is 0.516. The summed E-state index contributed by atoms with van der Waals surface area (Å²) in [5, 5.41) is 5.76. The van der Waals surface area contributed by atoms with E-state index in [1.165, 1.54) is 0 Å². The molecule has 0 aliphatic rings. The summed E-state index contributed by atoms with van der Waals surface area (Å²) in [7, 11) is 1.58. The molecule has 8 nitrogen and oxygen atoms in total. The Morgan fingerprint density at radius 3 is 2.18 bits per heavy atom. The van der Waals surface area contributed by atoms with E-state index in [1.54, 1.807) is 57.0 Å². The monoisotopic (exact) mass is 539 g/mol. The summed E-state index contributed by atoms with van der Waals surface area (Å²) in [5.41, 5.74) is 2.49. The Morgan fingerprint density at radius 1 is 1.00 bits per heavy atom. The SMILES string of the molecule is CCCN(C(=O)C(CC(C)C)NC(=O)OC(C)(C)C)C(C(=O)Nc1ccc(OC)cc1)c1cc(C)ccc1C. The number of carbonyl (C=O) groups is 3. The van der Waals surface area contributed by atoms with Crippen LogP contribution in [0, 0.1) is 19.8 Å². The van der Waals surface area contributed by atoms with Gasteiger partial charge in [0.15, 0.2) is 0 Å². The second-order valence-corrected chi connectivity index (χ2v) is 11.3. The Balaban J connectivity index is 2.54. The van der Waals surface area contributed by atoms with E-state index in [1.807, 2.05) is 52.8 Å². The molecule has 0 spiro atoms. The molecule has 0 aromatic heterocycles. The summed E-state index contributed by atoms with van der Waals surface area (Å²) in [5.74, 6) is 0.125. The van der Waals surface area contributed by atoms with Crippen molar-refractivity contribution in [3.05, 3.63) is 59.2 Å². The van der Waals surface area contributed by atoms with Crippen LogP contribution in [0.4, 0.5) is 10.5 Å². The minimum absolute atomic E-state index is 0.115. The first kappa shape index (κ1) is 31.7. The van der Waals surface area contributed by atoms with Crippen molar-refractivity contribution in [1.82, 2.24) is 10.2 Å². The van der Waals surface area contributed by atoms with E-state index in [9.17, 15) is 14.4 Å². The van der Waals surface area contributed by atoms with Crippen molar-refractivity contribution in [2.75, 3.05) is 19.0 Å². The van der Waals surface area contributed by atoms with Gasteiger partial charge in [0.2, 0.25) is 5.91 Å². The van der Waals surface area contributed by atoms with E-state index >= 15 is 0 Å². The average Bonchev–Trinajstić information content (AvgIpc) is 2.84.